The lowest BCUT2D eigenvalue weighted by Gasteiger charge is -2.25. The Kier molecular flexibility index (Phi) is 22.3. The number of amides is 9. The maximum absolute atomic E-state index is 12.9. The van der Waals surface area contributed by atoms with Crippen molar-refractivity contribution in [3.05, 3.63) is 197 Å². The first-order valence-corrected chi connectivity index (χ1v) is 39.7. The molecule has 3 fully saturated rings. The molecule has 112 heavy (non-hydrogen) atoms. The molecule has 10 aromatic rings. The summed E-state index contributed by atoms with van der Waals surface area (Å²) in [6.45, 7) is 27.6. The van der Waals surface area contributed by atoms with Crippen molar-refractivity contribution >= 4 is 124 Å². The van der Waals surface area contributed by atoms with Crippen LogP contribution in [0.3, 0.4) is 0 Å². The second-order valence-electron chi connectivity index (χ2n) is 31.2. The predicted molar refractivity (Wildman–Crippen MR) is 424 cm³/mol. The van der Waals surface area contributed by atoms with E-state index in [-0.39, 0.29) is 35.9 Å². The third-order valence-corrected chi connectivity index (χ3v) is 23.4. The minimum Gasteiger partial charge on any atom is -0.324 e. The monoisotopic (exact) mass is 1610 g/mol. The summed E-state index contributed by atoms with van der Waals surface area (Å²) in [4.78, 5) is 89.8. The van der Waals surface area contributed by atoms with Crippen molar-refractivity contribution in [1.29, 1.82) is 0 Å². The zero-order valence-electron chi connectivity index (χ0n) is 64.0. The minimum atomic E-state index is -3.92. The van der Waals surface area contributed by atoms with Crippen molar-refractivity contribution in [2.45, 2.75) is 156 Å². The largest absolute Gasteiger partial charge is 0.327 e. The predicted octanol–water partition coefficient (Wildman–Crippen LogP) is 10.6. The van der Waals surface area contributed by atoms with Crippen LogP contribution in [0.1, 0.15) is 138 Å². The third kappa shape index (κ3) is 18.3. The number of urea groups is 3. The lowest BCUT2D eigenvalue weighted by Crippen LogP contribution is -2.43. The highest BCUT2D eigenvalue weighted by Crippen LogP contribution is 2.35. The van der Waals surface area contributed by atoms with Gasteiger partial charge in [0, 0.05) is 71.0 Å². The Morgan fingerprint density at radius 1 is 0.446 bits per heavy atom. The summed E-state index contributed by atoms with van der Waals surface area (Å²) < 4.78 is 88.8. The van der Waals surface area contributed by atoms with Crippen LogP contribution >= 0.6 is 11.6 Å². The molecule has 3 aliphatic rings. The number of nitrogens with zero attached hydrogens (tertiary/aromatic N) is 12. The van der Waals surface area contributed by atoms with Crippen LogP contribution in [0, 0.1) is 0 Å². The summed E-state index contributed by atoms with van der Waals surface area (Å²) in [5.74, 6) is 0.305. The number of para-hydroxylation sites is 2. The zero-order valence-corrected chi connectivity index (χ0v) is 67.2. The Hall–Kier alpha value is -11.5. The van der Waals surface area contributed by atoms with E-state index in [1.54, 1.807) is 165 Å². The highest BCUT2D eigenvalue weighted by molar-refractivity contribution is 7.88. The number of rotatable bonds is 15. The average Bonchev–Trinajstić information content (AvgIpc) is 1.61. The second kappa shape index (κ2) is 30.7. The third-order valence-electron chi connectivity index (χ3n) is 18.3. The molecule has 0 bridgehead atoms. The van der Waals surface area contributed by atoms with Crippen LogP contribution in [0.4, 0.5) is 49.3 Å². The SMILES string of the molecule is CC(C)(C)c1cc(NC(=O)Nc2ccc(Cl)cc2)n(-c2ccc(CN3C(C)(C)C(=O)NS3(=O)=O)cc2)n1.CC(C)(C)c1cc(NC(=O)Nc2ccncn2)n(-c2ccc(CN3C(C)(C)C(=O)NS3(=O)=O)cc2)n1.CC(C)(C)c1cc(NC(=O)Nc2nc3ccccc3[nH]2)n(-c2ccc(CN3C(C)(C)C(=O)NS3(=O)=O)cc2)n1. The van der Waals surface area contributed by atoms with Gasteiger partial charge in [0.25, 0.3) is 17.7 Å². The summed E-state index contributed by atoms with van der Waals surface area (Å²) in [5, 5.41) is 31.3. The van der Waals surface area contributed by atoms with Gasteiger partial charge in [-0.1, -0.05) is 122 Å². The fourth-order valence-electron chi connectivity index (χ4n) is 11.5. The van der Waals surface area contributed by atoms with Gasteiger partial charge < -0.3 is 10.3 Å². The molecule has 0 aliphatic carbocycles. The number of aromatic amines is 1. The van der Waals surface area contributed by atoms with Crippen LogP contribution < -0.4 is 46.1 Å². The van der Waals surface area contributed by atoms with Gasteiger partial charge in [0.2, 0.25) is 5.95 Å². The van der Waals surface area contributed by atoms with Crippen molar-refractivity contribution < 1.29 is 54.0 Å². The molecule has 9 amide bonds. The average molecular weight is 1610 g/mol. The van der Waals surface area contributed by atoms with Crippen LogP contribution in [0.2, 0.25) is 5.02 Å². The summed E-state index contributed by atoms with van der Waals surface area (Å²) in [6.07, 6.45) is 2.85. The van der Waals surface area contributed by atoms with Gasteiger partial charge >= 0.3 is 48.7 Å². The fraction of sp³-hybridized carbons (Fsp3) is 0.324. The number of imidazole rings is 1. The number of aromatic nitrogens is 10. The van der Waals surface area contributed by atoms with Crippen LogP contribution in [0.15, 0.2) is 158 Å². The topological polar surface area (TPSA) is 431 Å². The lowest BCUT2D eigenvalue weighted by atomic mass is 9.92. The van der Waals surface area contributed by atoms with Gasteiger partial charge in [0.1, 0.15) is 46.2 Å². The van der Waals surface area contributed by atoms with Gasteiger partial charge in [-0.3, -0.25) is 41.0 Å². The number of nitrogens with one attached hydrogen (secondary N) is 10. The zero-order chi connectivity index (χ0) is 81.6. The van der Waals surface area contributed by atoms with E-state index in [2.05, 4.69) is 61.7 Å². The maximum atomic E-state index is 12.9. The number of carbonyl (C=O) groups is 6. The maximum Gasteiger partial charge on any atom is 0.327 e. The summed E-state index contributed by atoms with van der Waals surface area (Å²) >= 11 is 5.91. The highest BCUT2D eigenvalue weighted by Gasteiger charge is 2.52. The van der Waals surface area contributed by atoms with E-state index in [1.807, 2.05) is 108 Å². The molecule has 5 aromatic carbocycles. The summed E-state index contributed by atoms with van der Waals surface area (Å²) in [6, 6.07) is 41.0. The number of H-pyrrole nitrogens is 1. The first-order valence-electron chi connectivity index (χ1n) is 35.0. The van der Waals surface area contributed by atoms with Crippen molar-refractivity contribution in [3.8, 4) is 17.1 Å². The number of carbonyl (C=O) groups excluding carboxylic acids is 6. The number of hydrogen-bond donors (Lipinski definition) is 10. The Bertz CT molecular complexity index is 5580. The van der Waals surface area contributed by atoms with Crippen LogP contribution in [-0.4, -0.2) is 140 Å². The van der Waals surface area contributed by atoms with E-state index in [4.69, 9.17) is 21.8 Å². The van der Waals surface area contributed by atoms with Crippen LogP contribution in [0.5, 0.6) is 0 Å². The van der Waals surface area contributed by atoms with Gasteiger partial charge in [-0.15, -0.1) is 0 Å². The molecule has 0 atom stereocenters. The van der Waals surface area contributed by atoms with Gasteiger partial charge in [0.05, 0.1) is 45.2 Å². The van der Waals surface area contributed by atoms with Crippen LogP contribution in [0.25, 0.3) is 28.1 Å². The van der Waals surface area contributed by atoms with Crippen molar-refractivity contribution in [3.63, 3.8) is 0 Å². The number of benzene rings is 5. The normalized spacial score (nSPS) is 16.9. The number of anilines is 6. The molecule has 0 spiro atoms. The van der Waals surface area contributed by atoms with Crippen LogP contribution in [-0.2, 0) is 80.9 Å². The second-order valence-corrected chi connectivity index (χ2v) is 36.4. The highest BCUT2D eigenvalue weighted by atomic mass is 35.5. The van der Waals surface area contributed by atoms with Crippen molar-refractivity contribution in [2.75, 3.05) is 31.9 Å². The first-order chi connectivity index (χ1) is 52.2. The van der Waals surface area contributed by atoms with E-state index in [1.165, 1.54) is 12.5 Å². The molecule has 3 aliphatic heterocycles. The standard InChI is InChI=1S/C26H30N8O4S.C25H29ClN6O4S.C23H28N8O4S/c1-25(2,3)20-14-21(29-24(36)30-23-27-18-8-6-7-9-19(18)28-23)34(31-20)17-12-10-16(11-13-17)15-33-26(4,5)22(35)32-39(33,37)38;1-24(2,3)20-14-21(28-23(34)27-18-10-8-17(26)9-11-18)32(29-20)19-12-6-16(7-13-19)15-31-25(4,5)22(33)30-37(31,35)36;1-22(2,3)17-12-19(27-21(33)26-18-10-11-24-14-25-18)31(28-17)16-8-6-15(7-9-16)13-30-23(4,5)20(32)29-36(30,34)35/h6-14H,15H2,1-5H3,(H,32,35)(H3,27,28,29,30,36);6-14H,15H2,1-5H3,(H,30,33)(H2,27,28,34);6-12,14H,13H2,1-5H3,(H,29,32)(H2,24,25,26,27,33). The molecule has 34 nitrogen and oxygen atoms in total. The first kappa shape index (κ1) is 81.5. The molecule has 10 N–H and O–H groups in total. The van der Waals surface area contributed by atoms with Crippen molar-refractivity contribution in [1.82, 2.24) is 76.4 Å². The molecular formula is C74H87ClN22O12S3. The van der Waals surface area contributed by atoms with Crippen molar-refractivity contribution in [2.24, 2.45) is 0 Å². The molecular weight excluding hydrogens is 1520 g/mol. The van der Waals surface area contributed by atoms with Gasteiger partial charge in [-0.05, 0) is 137 Å². The Morgan fingerprint density at radius 3 is 1.12 bits per heavy atom. The van der Waals surface area contributed by atoms with E-state index in [0.717, 1.165) is 41.0 Å². The molecule has 13 rings (SSSR count). The Balaban J connectivity index is 0.000000166. The molecule has 3 saturated heterocycles. The van der Waals surface area contributed by atoms with E-state index in [9.17, 15) is 54.0 Å². The minimum absolute atomic E-state index is 0.0196. The summed E-state index contributed by atoms with van der Waals surface area (Å²) in [5.41, 5.74) is 4.03. The van der Waals surface area contributed by atoms with E-state index >= 15 is 0 Å². The molecule has 8 heterocycles. The van der Waals surface area contributed by atoms with Gasteiger partial charge in [-0.25, -0.2) is 57.5 Å². The molecule has 0 radical (unpaired) electrons. The van der Waals surface area contributed by atoms with Gasteiger partial charge in [0.15, 0.2) is 0 Å². The quantitative estimate of drug-likeness (QED) is 0.0456. The van der Waals surface area contributed by atoms with Gasteiger partial charge in [-0.2, -0.15) is 53.5 Å². The summed E-state index contributed by atoms with van der Waals surface area (Å²) in [7, 11) is -11.7. The smallest absolute Gasteiger partial charge is 0.324 e. The lowest BCUT2D eigenvalue weighted by molar-refractivity contribution is -0.125. The van der Waals surface area contributed by atoms with E-state index < -0.39 is 83.1 Å². The number of halogens is 1. The number of hydrogen-bond acceptors (Lipinski definition) is 18. The molecule has 0 saturated carbocycles. The molecule has 5 aromatic heterocycles. The fourth-order valence-corrected chi connectivity index (χ4v) is 16.4. The molecule has 590 valence electrons. The van der Waals surface area contributed by atoms with E-state index in [0.29, 0.717) is 73.7 Å². The molecule has 0 unspecified atom stereocenters. The Labute approximate surface area is 652 Å². The number of fused-ring (bicyclic) bond motifs is 1. The molecule has 38 heteroatoms. The Morgan fingerprint density at radius 2 is 0.795 bits per heavy atom.